The summed E-state index contributed by atoms with van der Waals surface area (Å²) in [5, 5.41) is 0.951. The summed E-state index contributed by atoms with van der Waals surface area (Å²) in [4.78, 5) is 18.7. The number of rotatable bonds is 0. The predicted octanol–water partition coefficient (Wildman–Crippen LogP) is 1.80. The third-order valence-electron chi connectivity index (χ3n) is 1.52. The van der Waals surface area contributed by atoms with Gasteiger partial charge in [0.05, 0.1) is 5.52 Å². The van der Waals surface area contributed by atoms with Crippen molar-refractivity contribution in [1.82, 2.24) is 9.97 Å². The van der Waals surface area contributed by atoms with Gasteiger partial charge in [-0.15, -0.1) is 5.53 Å². The maximum Gasteiger partial charge on any atom is 0.345 e. The fraction of sp³-hybridized carbons (Fsp3) is 0. The number of fused-ring (bicyclic) bond motifs is 1. The first-order valence-corrected chi connectivity index (χ1v) is 3.73. The highest BCUT2D eigenvalue weighted by Gasteiger charge is 1.90. The molecule has 1 heterocycles. The molecule has 0 aliphatic rings. The molecule has 0 aliphatic heterocycles. The first-order chi connectivity index (χ1) is 6.77. The second-order valence-electron chi connectivity index (χ2n) is 2.38. The van der Waals surface area contributed by atoms with E-state index in [1.54, 1.807) is 11.1 Å². The third kappa shape index (κ3) is 2.33. The number of hydrogen-bond acceptors (Lipinski definition) is 3. The van der Waals surface area contributed by atoms with E-state index in [0.29, 0.717) is 0 Å². The van der Waals surface area contributed by atoms with E-state index in [1.807, 2.05) is 24.3 Å². The minimum Gasteiger partial charge on any atom is -0.305 e. The molecule has 0 saturated heterocycles. The Morgan fingerprint density at radius 2 is 2.07 bits per heavy atom. The summed E-state index contributed by atoms with van der Waals surface area (Å²) >= 11 is 0. The summed E-state index contributed by atoms with van der Waals surface area (Å²) in [6.45, 7) is 0. The minimum atomic E-state index is -0.302. The fourth-order valence-electron chi connectivity index (χ4n) is 0.999. The molecule has 70 valence electrons. The van der Waals surface area contributed by atoms with Crippen LogP contribution >= 0.6 is 0 Å². The van der Waals surface area contributed by atoms with Crippen LogP contribution in [0.3, 0.4) is 0 Å². The van der Waals surface area contributed by atoms with E-state index in [9.17, 15) is 4.79 Å². The first-order valence-electron chi connectivity index (χ1n) is 3.73. The standard InChI is InChI=1S/C8H6N2O.HN3/c11-8-9-5-6-3-1-2-4-7(6)10-8;1-3-2/h1-5H,(H,9,10,11);1H. The second kappa shape index (κ2) is 4.64. The van der Waals surface area contributed by atoms with Crippen molar-refractivity contribution in [2.45, 2.75) is 0 Å². The molecule has 0 atom stereocenters. The molecule has 0 aliphatic carbocycles. The van der Waals surface area contributed by atoms with Crippen LogP contribution in [0.5, 0.6) is 0 Å². The number of nitrogens with zero attached hydrogens (tertiary/aromatic N) is 3. The van der Waals surface area contributed by atoms with Crippen LogP contribution in [-0.4, -0.2) is 9.97 Å². The van der Waals surface area contributed by atoms with Crippen LogP contribution < -0.4 is 5.69 Å². The summed E-state index contributed by atoms with van der Waals surface area (Å²) in [6, 6.07) is 7.53. The Morgan fingerprint density at radius 3 is 2.79 bits per heavy atom. The van der Waals surface area contributed by atoms with Gasteiger partial charge in [0.25, 0.3) is 0 Å². The summed E-state index contributed by atoms with van der Waals surface area (Å²) in [7, 11) is 0. The van der Waals surface area contributed by atoms with Crippen LogP contribution in [0.2, 0.25) is 0 Å². The molecular weight excluding hydrogens is 182 g/mol. The average molecular weight is 189 g/mol. The number of aromatic amines is 1. The molecule has 14 heavy (non-hydrogen) atoms. The Morgan fingerprint density at radius 1 is 1.43 bits per heavy atom. The summed E-state index contributed by atoms with van der Waals surface area (Å²) < 4.78 is 0. The predicted molar refractivity (Wildman–Crippen MR) is 51.8 cm³/mol. The molecule has 0 radical (unpaired) electrons. The Bertz CT molecular complexity index is 512. The Balaban J connectivity index is 0.000000293. The quantitative estimate of drug-likeness (QED) is 0.374. The summed E-state index contributed by atoms with van der Waals surface area (Å²) in [5.41, 5.74) is 12.8. The maximum absolute atomic E-state index is 10.7. The van der Waals surface area contributed by atoms with Gasteiger partial charge in [-0.05, 0) is 16.5 Å². The number of H-pyrrole nitrogens is 1. The molecule has 1 aromatic carbocycles. The molecule has 0 saturated carbocycles. The van der Waals surface area contributed by atoms with Crippen molar-refractivity contribution < 1.29 is 0 Å². The summed E-state index contributed by atoms with van der Waals surface area (Å²) in [6.07, 6.45) is 1.56. The zero-order chi connectivity index (χ0) is 10.4. The van der Waals surface area contributed by atoms with Gasteiger partial charge in [-0.3, -0.25) is 0 Å². The lowest BCUT2D eigenvalue weighted by molar-refractivity contribution is 1.12. The van der Waals surface area contributed by atoms with Crippen LogP contribution in [0, 0.1) is 5.53 Å². The van der Waals surface area contributed by atoms with E-state index in [2.05, 4.69) is 9.97 Å². The number of hydrogen-bond donors (Lipinski definition) is 2. The van der Waals surface area contributed by atoms with E-state index >= 15 is 0 Å². The van der Waals surface area contributed by atoms with Crippen LogP contribution in [0.15, 0.2) is 35.3 Å². The van der Waals surface area contributed by atoms with Gasteiger partial charge in [0.2, 0.25) is 0 Å². The van der Waals surface area contributed by atoms with Crippen molar-refractivity contribution in [3.05, 3.63) is 51.4 Å². The summed E-state index contributed by atoms with van der Waals surface area (Å²) in [5.74, 6) is 0. The van der Waals surface area contributed by atoms with Crippen molar-refractivity contribution >= 4 is 10.9 Å². The van der Waals surface area contributed by atoms with Gasteiger partial charge in [0.15, 0.2) is 0 Å². The second-order valence-corrected chi connectivity index (χ2v) is 2.38. The topological polar surface area (TPSA) is 106 Å². The SMILES string of the molecule is O=c1ncc2ccccc2[nH]1.[N-]=[N+]=N. The molecule has 1 aromatic heterocycles. The van der Waals surface area contributed by atoms with E-state index in [0.717, 1.165) is 10.9 Å². The lowest BCUT2D eigenvalue weighted by Gasteiger charge is -1.92. The first kappa shape index (κ1) is 9.76. The molecule has 0 spiro atoms. The highest BCUT2D eigenvalue weighted by atomic mass is 16.1. The van der Waals surface area contributed by atoms with Gasteiger partial charge in [-0.25, -0.2) is 9.78 Å². The number of benzene rings is 1. The molecular formula is C8H7N5O. The van der Waals surface area contributed by atoms with E-state index in [4.69, 9.17) is 11.1 Å². The highest BCUT2D eigenvalue weighted by molar-refractivity contribution is 5.76. The fourth-order valence-corrected chi connectivity index (χ4v) is 0.999. The van der Waals surface area contributed by atoms with Crippen molar-refractivity contribution in [3.63, 3.8) is 0 Å². The van der Waals surface area contributed by atoms with Gasteiger partial charge in [-0.1, -0.05) is 18.2 Å². The third-order valence-corrected chi connectivity index (χ3v) is 1.52. The van der Waals surface area contributed by atoms with Gasteiger partial charge >= 0.3 is 5.69 Å². The van der Waals surface area contributed by atoms with Gasteiger partial charge < -0.3 is 4.98 Å². The molecule has 0 amide bonds. The zero-order valence-electron chi connectivity index (χ0n) is 7.14. The van der Waals surface area contributed by atoms with Gasteiger partial charge in [0.1, 0.15) is 0 Å². The maximum atomic E-state index is 10.7. The lowest BCUT2D eigenvalue weighted by Crippen LogP contribution is -2.07. The van der Waals surface area contributed by atoms with Crippen molar-refractivity contribution in [3.8, 4) is 0 Å². The van der Waals surface area contributed by atoms with E-state index < -0.39 is 0 Å². The largest absolute Gasteiger partial charge is 0.345 e. The number of nitrogens with one attached hydrogen (secondary N) is 2. The van der Waals surface area contributed by atoms with Gasteiger partial charge in [-0.2, -0.15) is 0 Å². The molecule has 6 heteroatoms. The Kier molecular flexibility index (Phi) is 3.23. The van der Waals surface area contributed by atoms with Crippen LogP contribution in [0.25, 0.3) is 21.3 Å². The molecule has 2 N–H and O–H groups in total. The molecule has 0 unspecified atom stereocenters. The van der Waals surface area contributed by atoms with E-state index in [1.165, 1.54) is 0 Å². The Labute approximate surface area is 78.6 Å². The van der Waals surface area contributed by atoms with E-state index in [-0.39, 0.29) is 5.69 Å². The minimum absolute atomic E-state index is 0.302. The lowest BCUT2D eigenvalue weighted by atomic mass is 10.2. The van der Waals surface area contributed by atoms with Gasteiger partial charge in [0, 0.05) is 11.6 Å². The number of aromatic nitrogens is 2. The molecule has 2 aromatic rings. The van der Waals surface area contributed by atoms with Crippen molar-refractivity contribution in [1.29, 1.82) is 5.53 Å². The zero-order valence-corrected chi connectivity index (χ0v) is 7.14. The average Bonchev–Trinajstić information content (AvgIpc) is 2.19. The molecule has 6 nitrogen and oxygen atoms in total. The molecule has 2 rings (SSSR count). The van der Waals surface area contributed by atoms with Crippen LogP contribution in [0.4, 0.5) is 0 Å². The Hall–Kier alpha value is -2.33. The van der Waals surface area contributed by atoms with Crippen molar-refractivity contribution in [2.24, 2.45) is 0 Å². The van der Waals surface area contributed by atoms with Crippen LogP contribution in [-0.2, 0) is 0 Å². The highest BCUT2D eigenvalue weighted by Crippen LogP contribution is 2.05. The normalized spacial score (nSPS) is 8.57. The van der Waals surface area contributed by atoms with Crippen molar-refractivity contribution in [2.75, 3.05) is 0 Å². The molecule has 0 fully saturated rings. The monoisotopic (exact) mass is 189 g/mol. The number of para-hydroxylation sites is 1. The smallest absolute Gasteiger partial charge is 0.305 e. The van der Waals surface area contributed by atoms with Crippen LogP contribution in [0.1, 0.15) is 0 Å². The molecule has 0 bridgehead atoms.